The fourth-order valence-electron chi connectivity index (χ4n) is 4.32. The smallest absolute Gasteiger partial charge is 0.145 e. The number of anilines is 1. The summed E-state index contributed by atoms with van der Waals surface area (Å²) in [6.07, 6.45) is 1.07. The summed E-state index contributed by atoms with van der Waals surface area (Å²) in [5.41, 5.74) is 3.63. The molecule has 3 aromatic carbocycles. The predicted octanol–water partition coefficient (Wildman–Crippen LogP) is 5.26. The normalized spacial score (nSPS) is 11.6. The second-order valence-corrected chi connectivity index (χ2v) is 9.16. The summed E-state index contributed by atoms with van der Waals surface area (Å²) in [5.74, 6) is 2.06. The zero-order chi connectivity index (χ0) is 23.8. The van der Waals surface area contributed by atoms with Gasteiger partial charge in [-0.05, 0) is 57.4 Å². The maximum atomic E-state index is 4.93. The molecule has 1 aromatic heterocycles. The average molecular weight is 454 g/mol. The Hall–Kier alpha value is -3.28. The fourth-order valence-corrected chi connectivity index (χ4v) is 4.32. The SMILES string of the molecule is CN(C)CCCNc1nc(CN(C)CC(c2ccccc2)c2ccccc2)nc2ccccc12. The minimum absolute atomic E-state index is 0.288. The molecule has 0 atom stereocenters. The van der Waals surface area contributed by atoms with Crippen LogP contribution >= 0.6 is 0 Å². The molecule has 5 nitrogen and oxygen atoms in total. The van der Waals surface area contributed by atoms with Gasteiger partial charge in [0.25, 0.3) is 0 Å². The molecular weight excluding hydrogens is 418 g/mol. The Morgan fingerprint density at radius 1 is 0.765 bits per heavy atom. The van der Waals surface area contributed by atoms with Crippen molar-refractivity contribution in [3.05, 3.63) is 102 Å². The molecule has 0 unspecified atom stereocenters. The lowest BCUT2D eigenvalue weighted by Crippen LogP contribution is -2.26. The van der Waals surface area contributed by atoms with Gasteiger partial charge in [0.2, 0.25) is 0 Å². The third-order valence-electron chi connectivity index (χ3n) is 6.03. The van der Waals surface area contributed by atoms with E-state index in [2.05, 4.69) is 109 Å². The quantitative estimate of drug-likeness (QED) is 0.314. The van der Waals surface area contributed by atoms with Gasteiger partial charge in [-0.15, -0.1) is 0 Å². The van der Waals surface area contributed by atoms with Gasteiger partial charge in [-0.2, -0.15) is 0 Å². The van der Waals surface area contributed by atoms with Crippen LogP contribution in [0.5, 0.6) is 0 Å². The van der Waals surface area contributed by atoms with Crippen molar-refractivity contribution in [3.63, 3.8) is 0 Å². The van der Waals surface area contributed by atoms with Crippen LogP contribution in [0.4, 0.5) is 5.82 Å². The predicted molar refractivity (Wildman–Crippen MR) is 142 cm³/mol. The molecule has 0 amide bonds. The topological polar surface area (TPSA) is 44.3 Å². The number of likely N-dealkylation sites (N-methyl/N-ethyl adjacent to an activating group) is 1. The number of hydrogen-bond acceptors (Lipinski definition) is 5. The molecule has 1 heterocycles. The summed E-state index contributed by atoms with van der Waals surface area (Å²) in [4.78, 5) is 14.3. The second kappa shape index (κ2) is 11.7. The monoisotopic (exact) mass is 453 g/mol. The summed E-state index contributed by atoms with van der Waals surface area (Å²) in [5, 5.41) is 4.63. The molecule has 0 aliphatic carbocycles. The second-order valence-electron chi connectivity index (χ2n) is 9.16. The first-order valence-corrected chi connectivity index (χ1v) is 12.0. The molecule has 0 aliphatic heterocycles. The van der Waals surface area contributed by atoms with E-state index in [0.717, 1.165) is 48.6 Å². The Kier molecular flexibility index (Phi) is 8.23. The van der Waals surface area contributed by atoms with E-state index in [0.29, 0.717) is 6.54 Å². The van der Waals surface area contributed by atoms with Crippen LogP contribution in [0, 0.1) is 0 Å². The van der Waals surface area contributed by atoms with Crippen LogP contribution in [0.15, 0.2) is 84.9 Å². The van der Waals surface area contributed by atoms with Crippen molar-refractivity contribution < 1.29 is 0 Å². The van der Waals surface area contributed by atoms with E-state index >= 15 is 0 Å². The van der Waals surface area contributed by atoms with E-state index in [1.165, 1.54) is 11.1 Å². The van der Waals surface area contributed by atoms with Gasteiger partial charge in [0, 0.05) is 24.4 Å². The molecule has 4 rings (SSSR count). The highest BCUT2D eigenvalue weighted by atomic mass is 15.1. The van der Waals surface area contributed by atoms with Crippen molar-refractivity contribution in [1.29, 1.82) is 0 Å². The molecule has 4 aromatic rings. The summed E-state index contributed by atoms with van der Waals surface area (Å²) < 4.78 is 0. The molecule has 0 saturated heterocycles. The van der Waals surface area contributed by atoms with Gasteiger partial charge in [-0.3, -0.25) is 4.90 Å². The zero-order valence-corrected chi connectivity index (χ0v) is 20.5. The number of para-hydroxylation sites is 1. The van der Waals surface area contributed by atoms with E-state index in [4.69, 9.17) is 9.97 Å². The van der Waals surface area contributed by atoms with Crippen LogP contribution in [0.2, 0.25) is 0 Å². The van der Waals surface area contributed by atoms with E-state index in [1.807, 2.05) is 12.1 Å². The maximum absolute atomic E-state index is 4.93. The molecule has 0 spiro atoms. The molecule has 34 heavy (non-hydrogen) atoms. The number of fused-ring (bicyclic) bond motifs is 1. The maximum Gasteiger partial charge on any atom is 0.145 e. The summed E-state index contributed by atoms with van der Waals surface area (Å²) in [6.45, 7) is 3.51. The Morgan fingerprint density at radius 2 is 1.38 bits per heavy atom. The molecule has 0 aliphatic rings. The highest BCUT2D eigenvalue weighted by molar-refractivity contribution is 5.88. The Balaban J connectivity index is 1.52. The van der Waals surface area contributed by atoms with Gasteiger partial charge in [0.1, 0.15) is 11.6 Å². The molecule has 0 saturated carbocycles. The van der Waals surface area contributed by atoms with E-state index < -0.39 is 0 Å². The van der Waals surface area contributed by atoms with Gasteiger partial charge in [-0.1, -0.05) is 72.8 Å². The van der Waals surface area contributed by atoms with Crippen LogP contribution in [0.3, 0.4) is 0 Å². The van der Waals surface area contributed by atoms with Crippen LogP contribution in [0.25, 0.3) is 10.9 Å². The van der Waals surface area contributed by atoms with Crippen LogP contribution in [-0.4, -0.2) is 60.5 Å². The van der Waals surface area contributed by atoms with Gasteiger partial charge in [0.05, 0.1) is 12.1 Å². The van der Waals surface area contributed by atoms with Crippen LogP contribution in [-0.2, 0) is 6.54 Å². The van der Waals surface area contributed by atoms with E-state index in [1.54, 1.807) is 0 Å². The fraction of sp³-hybridized carbons (Fsp3) is 0.310. The molecule has 176 valence electrons. The lowest BCUT2D eigenvalue weighted by atomic mass is 9.91. The molecule has 1 N–H and O–H groups in total. The summed E-state index contributed by atoms with van der Waals surface area (Å²) in [7, 11) is 6.36. The van der Waals surface area contributed by atoms with E-state index in [-0.39, 0.29) is 5.92 Å². The minimum Gasteiger partial charge on any atom is -0.369 e. The number of nitrogens with one attached hydrogen (secondary N) is 1. The molecule has 0 bridgehead atoms. The Bertz CT molecular complexity index is 1120. The van der Waals surface area contributed by atoms with Gasteiger partial charge in [-0.25, -0.2) is 9.97 Å². The third kappa shape index (κ3) is 6.40. The van der Waals surface area contributed by atoms with Crippen molar-refractivity contribution in [2.24, 2.45) is 0 Å². The number of benzene rings is 3. The lowest BCUT2D eigenvalue weighted by Gasteiger charge is -2.25. The first-order valence-electron chi connectivity index (χ1n) is 12.0. The summed E-state index contributed by atoms with van der Waals surface area (Å²) >= 11 is 0. The van der Waals surface area contributed by atoms with Gasteiger partial charge < -0.3 is 10.2 Å². The number of aromatic nitrogens is 2. The first kappa shape index (κ1) is 23.9. The van der Waals surface area contributed by atoms with E-state index in [9.17, 15) is 0 Å². The van der Waals surface area contributed by atoms with Crippen molar-refractivity contribution in [3.8, 4) is 0 Å². The third-order valence-corrected chi connectivity index (χ3v) is 6.03. The number of nitrogens with zero attached hydrogens (tertiary/aromatic N) is 4. The standard InChI is InChI=1S/C29H35N5/c1-33(2)20-12-19-30-29-25-17-10-11-18-27(25)31-28(32-29)22-34(3)21-26(23-13-6-4-7-14-23)24-15-8-5-9-16-24/h4-11,13-18,26H,12,19-22H2,1-3H3,(H,30,31,32). The van der Waals surface area contributed by atoms with Crippen molar-refractivity contribution >= 4 is 16.7 Å². The molecular formula is C29H35N5. The lowest BCUT2D eigenvalue weighted by molar-refractivity contribution is 0.308. The molecule has 5 heteroatoms. The van der Waals surface area contributed by atoms with Crippen molar-refractivity contribution in [2.75, 3.05) is 46.1 Å². The van der Waals surface area contributed by atoms with Gasteiger partial charge >= 0.3 is 0 Å². The zero-order valence-electron chi connectivity index (χ0n) is 20.5. The van der Waals surface area contributed by atoms with Crippen LogP contribution < -0.4 is 5.32 Å². The van der Waals surface area contributed by atoms with Crippen molar-refractivity contribution in [1.82, 2.24) is 19.8 Å². The molecule has 0 radical (unpaired) electrons. The van der Waals surface area contributed by atoms with Crippen molar-refractivity contribution in [2.45, 2.75) is 18.9 Å². The highest BCUT2D eigenvalue weighted by Gasteiger charge is 2.17. The average Bonchev–Trinajstić information content (AvgIpc) is 2.86. The number of rotatable bonds is 11. The minimum atomic E-state index is 0.288. The largest absolute Gasteiger partial charge is 0.369 e. The Labute approximate surface area is 203 Å². The van der Waals surface area contributed by atoms with Crippen LogP contribution in [0.1, 0.15) is 29.3 Å². The Morgan fingerprint density at radius 3 is 2.03 bits per heavy atom. The number of hydrogen-bond donors (Lipinski definition) is 1. The van der Waals surface area contributed by atoms with Gasteiger partial charge in [0.15, 0.2) is 0 Å². The first-order chi connectivity index (χ1) is 16.6. The highest BCUT2D eigenvalue weighted by Crippen LogP contribution is 2.26. The molecule has 0 fully saturated rings. The summed E-state index contributed by atoms with van der Waals surface area (Å²) in [6, 6.07) is 29.7.